The molecule has 0 amide bonds. The molecule has 0 bridgehead atoms. The van der Waals surface area contributed by atoms with Gasteiger partial charge < -0.3 is 5.32 Å². The van der Waals surface area contributed by atoms with Gasteiger partial charge in [-0.15, -0.1) is 11.3 Å². The molecule has 0 spiro atoms. The molecule has 0 fully saturated rings. The van der Waals surface area contributed by atoms with Crippen LogP contribution in [0.4, 0.5) is 5.69 Å². The first kappa shape index (κ1) is 13.6. The minimum absolute atomic E-state index is 0.204. The van der Waals surface area contributed by atoms with Crippen molar-refractivity contribution >= 4 is 44.6 Å². The highest BCUT2D eigenvalue weighted by Crippen LogP contribution is 2.36. The smallest absolute Gasteiger partial charge is 0.275 e. The number of rotatable bonds is 3. The molecule has 0 radical (unpaired) electrons. The molecule has 0 saturated heterocycles. The van der Waals surface area contributed by atoms with Crippen LogP contribution in [0.2, 0.25) is 4.34 Å². The molecule has 100 valence electrons. The Hall–Kier alpha value is -0.790. The Bertz CT molecular complexity index is 580. The van der Waals surface area contributed by atoms with Gasteiger partial charge in [0.15, 0.2) is 4.21 Å². The zero-order chi connectivity index (χ0) is 13.3. The summed E-state index contributed by atoms with van der Waals surface area (Å²) in [5, 5.41) is 2.94. The van der Waals surface area contributed by atoms with Gasteiger partial charge in [-0.05, 0) is 12.0 Å². The SMILES string of the molecule is CC[C@H](C)CN=C1Nc2cc(Cl)sc2S(=O)(=O)N1. The summed E-state index contributed by atoms with van der Waals surface area (Å²) in [4.78, 5) is 4.23. The van der Waals surface area contributed by atoms with Crippen molar-refractivity contribution in [2.24, 2.45) is 10.9 Å². The molecular formula is C10H14ClN3O2S2. The van der Waals surface area contributed by atoms with Gasteiger partial charge in [0, 0.05) is 6.54 Å². The normalized spacial score (nSPS) is 20.9. The Morgan fingerprint density at radius 2 is 2.28 bits per heavy atom. The van der Waals surface area contributed by atoms with Crippen LogP contribution in [0.25, 0.3) is 0 Å². The van der Waals surface area contributed by atoms with Gasteiger partial charge in [0.05, 0.1) is 10.0 Å². The lowest BCUT2D eigenvalue weighted by molar-refractivity contribution is 0.574. The molecule has 0 aromatic carbocycles. The van der Waals surface area contributed by atoms with Crippen LogP contribution in [-0.2, 0) is 10.0 Å². The number of anilines is 1. The van der Waals surface area contributed by atoms with E-state index < -0.39 is 10.0 Å². The molecule has 1 aliphatic heterocycles. The van der Waals surface area contributed by atoms with Crippen LogP contribution in [0, 0.1) is 5.92 Å². The van der Waals surface area contributed by atoms with Crippen molar-refractivity contribution in [2.45, 2.75) is 24.5 Å². The Labute approximate surface area is 115 Å². The molecular weight excluding hydrogens is 294 g/mol. The van der Waals surface area contributed by atoms with E-state index in [0.29, 0.717) is 22.5 Å². The fourth-order valence-corrected chi connectivity index (χ4v) is 4.15. The minimum Gasteiger partial charge on any atom is -0.324 e. The second-order valence-corrected chi connectivity index (χ2v) is 7.75. The topological polar surface area (TPSA) is 70.6 Å². The number of nitrogens with one attached hydrogen (secondary N) is 2. The first-order valence-electron chi connectivity index (χ1n) is 5.56. The lowest BCUT2D eigenvalue weighted by Crippen LogP contribution is -2.40. The molecule has 8 heteroatoms. The van der Waals surface area contributed by atoms with E-state index in [-0.39, 0.29) is 10.2 Å². The van der Waals surface area contributed by atoms with E-state index in [9.17, 15) is 8.42 Å². The maximum atomic E-state index is 11.9. The number of hydrogen-bond donors (Lipinski definition) is 2. The highest BCUT2D eigenvalue weighted by Gasteiger charge is 2.29. The molecule has 1 atom stereocenters. The van der Waals surface area contributed by atoms with Crippen molar-refractivity contribution in [1.29, 1.82) is 0 Å². The molecule has 0 aliphatic carbocycles. The van der Waals surface area contributed by atoms with Gasteiger partial charge in [-0.3, -0.25) is 4.99 Å². The molecule has 2 rings (SSSR count). The van der Waals surface area contributed by atoms with Crippen LogP contribution in [0.15, 0.2) is 15.3 Å². The highest BCUT2D eigenvalue weighted by molar-refractivity contribution is 7.92. The van der Waals surface area contributed by atoms with Gasteiger partial charge in [-0.2, -0.15) is 0 Å². The van der Waals surface area contributed by atoms with Crippen molar-refractivity contribution < 1.29 is 8.42 Å². The Morgan fingerprint density at radius 1 is 1.56 bits per heavy atom. The summed E-state index contributed by atoms with van der Waals surface area (Å²) in [6.45, 7) is 4.71. The summed E-state index contributed by atoms with van der Waals surface area (Å²) >= 11 is 6.85. The molecule has 2 N–H and O–H groups in total. The standard InChI is InChI=1S/C10H14ClN3O2S2/c1-3-6(2)5-12-10-13-7-4-8(11)17-9(7)18(15,16)14-10/h4,6H,3,5H2,1-2H3,(H2,12,13,14)/t6-/m0/s1. The summed E-state index contributed by atoms with van der Waals surface area (Å²) in [6.07, 6.45) is 0.999. The number of nitrogens with zero attached hydrogens (tertiary/aromatic N) is 1. The Morgan fingerprint density at radius 3 is 2.94 bits per heavy atom. The van der Waals surface area contributed by atoms with Gasteiger partial charge in [0.25, 0.3) is 10.0 Å². The van der Waals surface area contributed by atoms with E-state index in [1.54, 1.807) is 6.07 Å². The quantitative estimate of drug-likeness (QED) is 0.901. The number of hydrogen-bond acceptors (Lipinski definition) is 4. The van der Waals surface area contributed by atoms with E-state index in [1.165, 1.54) is 0 Å². The average molecular weight is 308 g/mol. The van der Waals surface area contributed by atoms with Crippen LogP contribution in [0.5, 0.6) is 0 Å². The van der Waals surface area contributed by atoms with Gasteiger partial charge >= 0.3 is 0 Å². The van der Waals surface area contributed by atoms with Crippen molar-refractivity contribution in [3.8, 4) is 0 Å². The summed E-state index contributed by atoms with van der Waals surface area (Å²) in [5.41, 5.74) is 0.492. The van der Waals surface area contributed by atoms with Crippen LogP contribution >= 0.6 is 22.9 Å². The number of guanidine groups is 1. The zero-order valence-electron chi connectivity index (χ0n) is 10.0. The van der Waals surface area contributed by atoms with Crippen LogP contribution < -0.4 is 10.0 Å². The third kappa shape index (κ3) is 2.78. The molecule has 1 aromatic heterocycles. The van der Waals surface area contributed by atoms with Crippen LogP contribution in [0.1, 0.15) is 20.3 Å². The number of fused-ring (bicyclic) bond motifs is 1. The first-order chi connectivity index (χ1) is 8.42. The second kappa shape index (κ2) is 5.07. The van der Waals surface area contributed by atoms with Crippen molar-refractivity contribution in [3.63, 3.8) is 0 Å². The van der Waals surface area contributed by atoms with E-state index in [4.69, 9.17) is 11.6 Å². The van der Waals surface area contributed by atoms with Gasteiger partial charge in [-0.25, -0.2) is 13.1 Å². The highest BCUT2D eigenvalue weighted by atomic mass is 35.5. The van der Waals surface area contributed by atoms with Crippen molar-refractivity contribution in [2.75, 3.05) is 11.9 Å². The number of sulfonamides is 1. The molecule has 0 unspecified atom stereocenters. The van der Waals surface area contributed by atoms with E-state index >= 15 is 0 Å². The molecule has 0 saturated carbocycles. The van der Waals surface area contributed by atoms with Gasteiger partial charge in [-0.1, -0.05) is 31.9 Å². The molecule has 1 aromatic rings. The monoisotopic (exact) mass is 307 g/mol. The number of halogens is 1. The fourth-order valence-electron chi connectivity index (χ4n) is 1.41. The third-order valence-corrected chi connectivity index (χ3v) is 5.79. The second-order valence-electron chi connectivity index (χ2n) is 4.18. The summed E-state index contributed by atoms with van der Waals surface area (Å²) in [7, 11) is -3.53. The number of thiophene rings is 1. The van der Waals surface area contributed by atoms with Crippen LogP contribution in [-0.4, -0.2) is 20.9 Å². The predicted molar refractivity (Wildman–Crippen MR) is 75.0 cm³/mol. The van der Waals surface area contributed by atoms with E-state index in [2.05, 4.69) is 28.9 Å². The first-order valence-corrected chi connectivity index (χ1v) is 8.23. The minimum atomic E-state index is -3.53. The number of aliphatic imine (C=N–C) groups is 1. The Kier molecular flexibility index (Phi) is 3.84. The maximum Gasteiger partial charge on any atom is 0.275 e. The Balaban J connectivity index is 2.26. The van der Waals surface area contributed by atoms with Gasteiger partial charge in [0.1, 0.15) is 0 Å². The van der Waals surface area contributed by atoms with Gasteiger partial charge in [0.2, 0.25) is 5.96 Å². The molecule has 1 aliphatic rings. The molecule has 18 heavy (non-hydrogen) atoms. The summed E-state index contributed by atoms with van der Waals surface area (Å²) in [5.74, 6) is 0.675. The maximum absolute atomic E-state index is 11.9. The summed E-state index contributed by atoms with van der Waals surface area (Å²) < 4.78 is 26.9. The van der Waals surface area contributed by atoms with Crippen molar-refractivity contribution in [1.82, 2.24) is 4.72 Å². The van der Waals surface area contributed by atoms with Crippen molar-refractivity contribution in [3.05, 3.63) is 10.4 Å². The van der Waals surface area contributed by atoms with E-state index in [0.717, 1.165) is 17.8 Å². The largest absolute Gasteiger partial charge is 0.324 e. The molecule has 5 nitrogen and oxygen atoms in total. The van der Waals surface area contributed by atoms with Crippen LogP contribution in [0.3, 0.4) is 0 Å². The molecule has 2 heterocycles. The lowest BCUT2D eigenvalue weighted by atomic mass is 10.1. The zero-order valence-corrected chi connectivity index (χ0v) is 12.4. The summed E-state index contributed by atoms with van der Waals surface area (Å²) in [6, 6.07) is 1.60. The fraction of sp³-hybridized carbons (Fsp3) is 0.500. The average Bonchev–Trinajstić information content (AvgIpc) is 2.67. The predicted octanol–water partition coefficient (Wildman–Crippen LogP) is 2.51. The lowest BCUT2D eigenvalue weighted by Gasteiger charge is -2.18. The van der Waals surface area contributed by atoms with E-state index in [1.807, 2.05) is 0 Å². The third-order valence-electron chi connectivity index (χ3n) is 2.65.